The molecule has 0 aromatic heterocycles. The predicted octanol–water partition coefficient (Wildman–Crippen LogP) is 1.88. The Morgan fingerprint density at radius 1 is 0.852 bits per heavy atom. The second-order valence-corrected chi connectivity index (χ2v) is 6.52. The van der Waals surface area contributed by atoms with Crippen LogP contribution >= 0.6 is 0 Å². The molecule has 1 fully saturated rings. The number of hydrogen-bond acceptors (Lipinski definition) is 6. The molecule has 1 saturated heterocycles. The maximum atomic E-state index is 10.5. The first-order chi connectivity index (χ1) is 13.2. The molecule has 0 aliphatic carbocycles. The third-order valence-electron chi connectivity index (χ3n) is 4.56. The van der Waals surface area contributed by atoms with Crippen molar-refractivity contribution in [2.75, 3.05) is 13.7 Å². The van der Waals surface area contributed by atoms with Gasteiger partial charge in [-0.15, -0.1) is 0 Å². The monoisotopic (exact) mass is 374 g/mol. The van der Waals surface area contributed by atoms with Gasteiger partial charge in [-0.25, -0.2) is 0 Å². The summed E-state index contributed by atoms with van der Waals surface area (Å²) >= 11 is 0. The van der Waals surface area contributed by atoms with Gasteiger partial charge in [0.25, 0.3) is 0 Å². The third kappa shape index (κ3) is 5.35. The van der Waals surface area contributed by atoms with Crippen molar-refractivity contribution in [1.82, 2.24) is 0 Å². The summed E-state index contributed by atoms with van der Waals surface area (Å²) in [6.45, 7) is 0.821. The van der Waals surface area contributed by atoms with Crippen LogP contribution in [0.5, 0.6) is 0 Å². The van der Waals surface area contributed by atoms with Gasteiger partial charge in [-0.05, 0) is 11.1 Å². The fraction of sp³-hybridized carbons (Fsp3) is 0.429. The lowest BCUT2D eigenvalue weighted by molar-refractivity contribution is -0.307. The zero-order valence-corrected chi connectivity index (χ0v) is 15.3. The maximum Gasteiger partial charge on any atom is 0.186 e. The number of hydrogen-bond donors (Lipinski definition) is 2. The van der Waals surface area contributed by atoms with Crippen LogP contribution < -0.4 is 0 Å². The molecule has 0 saturated carbocycles. The summed E-state index contributed by atoms with van der Waals surface area (Å²) in [5.41, 5.74) is 1.98. The molecule has 1 heterocycles. The lowest BCUT2D eigenvalue weighted by Crippen LogP contribution is -2.59. The molecule has 2 aromatic carbocycles. The minimum atomic E-state index is -1.14. The average molecular weight is 374 g/mol. The molecule has 146 valence electrons. The van der Waals surface area contributed by atoms with Crippen LogP contribution in [0.3, 0.4) is 0 Å². The summed E-state index contributed by atoms with van der Waals surface area (Å²) < 4.78 is 22.5. The van der Waals surface area contributed by atoms with Crippen LogP contribution in [0.4, 0.5) is 0 Å². The summed E-state index contributed by atoms with van der Waals surface area (Å²) in [7, 11) is 1.48. The van der Waals surface area contributed by atoms with Crippen LogP contribution in [0.2, 0.25) is 0 Å². The van der Waals surface area contributed by atoms with Crippen molar-refractivity contribution in [3.8, 4) is 0 Å². The fourth-order valence-corrected chi connectivity index (χ4v) is 3.04. The van der Waals surface area contributed by atoms with Gasteiger partial charge in [0.05, 0.1) is 19.8 Å². The minimum Gasteiger partial charge on any atom is -0.387 e. The topological polar surface area (TPSA) is 77.4 Å². The Bertz CT molecular complexity index is 661. The summed E-state index contributed by atoms with van der Waals surface area (Å²) in [4.78, 5) is 0. The molecule has 1 aliphatic heterocycles. The molecule has 27 heavy (non-hydrogen) atoms. The number of benzene rings is 2. The molecule has 0 radical (unpaired) electrons. The molecule has 5 atom stereocenters. The first kappa shape index (κ1) is 19.9. The maximum absolute atomic E-state index is 10.5. The van der Waals surface area contributed by atoms with Gasteiger partial charge in [0.15, 0.2) is 6.29 Å². The summed E-state index contributed by atoms with van der Waals surface area (Å²) in [6.07, 6.45) is -4.57. The van der Waals surface area contributed by atoms with Crippen molar-refractivity contribution in [3.63, 3.8) is 0 Å². The van der Waals surface area contributed by atoms with E-state index in [1.807, 2.05) is 60.7 Å². The van der Waals surface area contributed by atoms with Crippen molar-refractivity contribution in [2.24, 2.45) is 0 Å². The highest BCUT2D eigenvalue weighted by atomic mass is 16.7. The van der Waals surface area contributed by atoms with Gasteiger partial charge in [0.2, 0.25) is 0 Å². The van der Waals surface area contributed by atoms with E-state index >= 15 is 0 Å². The minimum absolute atomic E-state index is 0.137. The molecule has 0 amide bonds. The van der Waals surface area contributed by atoms with Gasteiger partial charge in [-0.1, -0.05) is 60.7 Å². The van der Waals surface area contributed by atoms with Crippen molar-refractivity contribution in [1.29, 1.82) is 0 Å². The molecule has 2 aromatic rings. The van der Waals surface area contributed by atoms with Gasteiger partial charge in [-0.2, -0.15) is 0 Å². The Hall–Kier alpha value is -1.80. The normalized spacial score (nSPS) is 28.2. The zero-order chi connectivity index (χ0) is 19.1. The van der Waals surface area contributed by atoms with E-state index in [-0.39, 0.29) is 13.2 Å². The van der Waals surface area contributed by atoms with Gasteiger partial charge in [0.1, 0.15) is 24.4 Å². The number of aliphatic hydroxyl groups is 2. The molecule has 2 N–H and O–H groups in total. The molecular formula is C21H26O6. The quantitative estimate of drug-likeness (QED) is 0.735. The van der Waals surface area contributed by atoms with Crippen LogP contribution in [0, 0.1) is 0 Å². The largest absolute Gasteiger partial charge is 0.387 e. The highest BCUT2D eigenvalue weighted by Gasteiger charge is 2.45. The number of aliphatic hydroxyl groups excluding tert-OH is 2. The van der Waals surface area contributed by atoms with Crippen molar-refractivity contribution < 1.29 is 29.2 Å². The molecular weight excluding hydrogens is 348 g/mol. The van der Waals surface area contributed by atoms with E-state index in [1.54, 1.807) is 0 Å². The van der Waals surface area contributed by atoms with E-state index in [1.165, 1.54) is 7.11 Å². The van der Waals surface area contributed by atoms with Crippen LogP contribution in [0.1, 0.15) is 11.1 Å². The smallest absolute Gasteiger partial charge is 0.186 e. The van der Waals surface area contributed by atoms with E-state index in [4.69, 9.17) is 18.9 Å². The zero-order valence-electron chi connectivity index (χ0n) is 15.3. The molecule has 1 aliphatic rings. The molecule has 0 bridgehead atoms. The Morgan fingerprint density at radius 3 is 2.04 bits per heavy atom. The van der Waals surface area contributed by atoms with Crippen molar-refractivity contribution in [3.05, 3.63) is 71.8 Å². The van der Waals surface area contributed by atoms with E-state index in [0.29, 0.717) is 6.61 Å². The Kier molecular flexibility index (Phi) is 7.34. The van der Waals surface area contributed by atoms with E-state index in [2.05, 4.69) is 0 Å². The first-order valence-corrected chi connectivity index (χ1v) is 9.00. The SMILES string of the molecule is CO[C@@H]1O[C@H](COCc2ccccc2)[C@H](O)[C@H](O)[C@H]1OCc1ccccc1. The van der Waals surface area contributed by atoms with E-state index in [0.717, 1.165) is 11.1 Å². The molecule has 0 spiro atoms. The Morgan fingerprint density at radius 2 is 1.44 bits per heavy atom. The standard InChI is InChI=1S/C21H26O6/c1-24-21-20(26-13-16-10-6-3-7-11-16)19(23)18(22)17(27-21)14-25-12-15-8-4-2-5-9-15/h2-11,17-23H,12-14H2,1H3/t17-,18+,19+,20-,21-/m1/s1. The number of methoxy groups -OCH3 is 1. The van der Waals surface area contributed by atoms with Gasteiger partial charge < -0.3 is 29.2 Å². The average Bonchev–Trinajstić information content (AvgIpc) is 2.72. The summed E-state index contributed by atoms with van der Waals surface area (Å²) in [5.74, 6) is 0. The molecule has 6 heteroatoms. The fourth-order valence-electron chi connectivity index (χ4n) is 3.04. The third-order valence-corrected chi connectivity index (χ3v) is 4.56. The van der Waals surface area contributed by atoms with Crippen LogP contribution in [0.15, 0.2) is 60.7 Å². The second kappa shape index (κ2) is 9.94. The lowest BCUT2D eigenvalue weighted by Gasteiger charge is -2.41. The summed E-state index contributed by atoms with van der Waals surface area (Å²) in [5, 5.41) is 20.9. The molecule has 3 rings (SSSR count). The van der Waals surface area contributed by atoms with Crippen LogP contribution in [-0.4, -0.2) is 54.6 Å². The van der Waals surface area contributed by atoms with Gasteiger partial charge in [0, 0.05) is 7.11 Å². The van der Waals surface area contributed by atoms with Crippen LogP contribution in [0.25, 0.3) is 0 Å². The lowest BCUT2D eigenvalue weighted by atomic mass is 9.99. The highest BCUT2D eigenvalue weighted by Crippen LogP contribution is 2.25. The number of rotatable bonds is 8. The van der Waals surface area contributed by atoms with E-state index in [9.17, 15) is 10.2 Å². The van der Waals surface area contributed by atoms with E-state index < -0.39 is 30.7 Å². The number of ether oxygens (including phenoxy) is 4. The second-order valence-electron chi connectivity index (χ2n) is 6.52. The predicted molar refractivity (Wildman–Crippen MR) is 98.8 cm³/mol. The van der Waals surface area contributed by atoms with Crippen molar-refractivity contribution >= 4 is 0 Å². The summed E-state index contributed by atoms with van der Waals surface area (Å²) in [6, 6.07) is 19.3. The van der Waals surface area contributed by atoms with Gasteiger partial charge >= 0.3 is 0 Å². The highest BCUT2D eigenvalue weighted by molar-refractivity contribution is 5.14. The first-order valence-electron chi connectivity index (χ1n) is 9.00. The molecule has 0 unspecified atom stereocenters. The Balaban J connectivity index is 1.54. The molecule has 6 nitrogen and oxygen atoms in total. The van der Waals surface area contributed by atoms with Crippen LogP contribution in [-0.2, 0) is 32.2 Å². The van der Waals surface area contributed by atoms with Crippen molar-refractivity contribution in [2.45, 2.75) is 43.9 Å². The van der Waals surface area contributed by atoms with Gasteiger partial charge in [-0.3, -0.25) is 0 Å². The Labute approximate surface area is 159 Å².